The molecule has 1 atom stereocenters. The van der Waals surface area contributed by atoms with Gasteiger partial charge in [-0.05, 0) is 51.9 Å². The summed E-state index contributed by atoms with van der Waals surface area (Å²) in [5.41, 5.74) is 0.485. The van der Waals surface area contributed by atoms with Gasteiger partial charge in [0.15, 0.2) is 0 Å². The van der Waals surface area contributed by atoms with E-state index in [4.69, 9.17) is 4.74 Å². The largest absolute Gasteiger partial charge is 0.457 e. The molecule has 0 spiro atoms. The number of hydrogen-bond acceptors (Lipinski definition) is 2. The normalized spacial score (nSPS) is 21.9. The van der Waals surface area contributed by atoms with Crippen LogP contribution in [0, 0.1) is 11.8 Å². The zero-order valence-electron chi connectivity index (χ0n) is 11.2. The Morgan fingerprint density at radius 1 is 1.44 bits per heavy atom. The van der Waals surface area contributed by atoms with Crippen molar-refractivity contribution in [3.63, 3.8) is 0 Å². The number of carbonyl (C=O) groups excluding carboxylic acids is 1. The van der Waals surface area contributed by atoms with Crippen molar-refractivity contribution in [2.75, 3.05) is 0 Å². The first-order valence-electron chi connectivity index (χ1n) is 6.22. The Bertz CT molecular complexity index is 282. The van der Waals surface area contributed by atoms with Gasteiger partial charge < -0.3 is 4.74 Å². The molecule has 0 saturated heterocycles. The molecule has 1 aliphatic carbocycles. The van der Waals surface area contributed by atoms with E-state index in [9.17, 15) is 4.79 Å². The predicted octanol–water partition coefficient (Wildman–Crippen LogP) is 3.71. The standard InChI is InChI=1S/C14H24O2/c1-10(2)11-6-8-12(9-7-11)13(15)16-14(3,4)5/h8,10-11H,6-7,9H2,1-5H3/t11-/m1/s1. The summed E-state index contributed by atoms with van der Waals surface area (Å²) in [5.74, 6) is 1.30. The van der Waals surface area contributed by atoms with Gasteiger partial charge in [-0.25, -0.2) is 4.79 Å². The summed E-state index contributed by atoms with van der Waals surface area (Å²) < 4.78 is 5.37. The molecule has 92 valence electrons. The molecule has 2 nitrogen and oxygen atoms in total. The highest BCUT2D eigenvalue weighted by Gasteiger charge is 2.24. The summed E-state index contributed by atoms with van der Waals surface area (Å²) in [5, 5.41) is 0. The Kier molecular flexibility index (Phi) is 4.17. The second-order valence-corrected chi connectivity index (χ2v) is 6.01. The zero-order valence-corrected chi connectivity index (χ0v) is 11.2. The van der Waals surface area contributed by atoms with Crippen molar-refractivity contribution >= 4 is 5.97 Å². The minimum atomic E-state index is -0.382. The SMILES string of the molecule is CC(C)[C@@H]1CC=C(C(=O)OC(C)(C)C)CC1. The highest BCUT2D eigenvalue weighted by molar-refractivity contribution is 5.88. The van der Waals surface area contributed by atoms with Gasteiger partial charge in [0, 0.05) is 5.57 Å². The van der Waals surface area contributed by atoms with Crippen molar-refractivity contribution in [3.8, 4) is 0 Å². The molecule has 0 heterocycles. The zero-order chi connectivity index (χ0) is 12.3. The number of carbonyl (C=O) groups is 1. The maximum Gasteiger partial charge on any atom is 0.334 e. The van der Waals surface area contributed by atoms with E-state index in [1.54, 1.807) is 0 Å². The minimum Gasteiger partial charge on any atom is -0.457 e. The molecule has 0 unspecified atom stereocenters. The lowest BCUT2D eigenvalue weighted by atomic mass is 9.82. The van der Waals surface area contributed by atoms with Crippen LogP contribution in [-0.4, -0.2) is 11.6 Å². The molecule has 0 fully saturated rings. The van der Waals surface area contributed by atoms with Crippen LogP contribution >= 0.6 is 0 Å². The van der Waals surface area contributed by atoms with E-state index in [0.29, 0.717) is 5.92 Å². The van der Waals surface area contributed by atoms with Gasteiger partial charge in [-0.2, -0.15) is 0 Å². The van der Waals surface area contributed by atoms with E-state index >= 15 is 0 Å². The summed E-state index contributed by atoms with van der Waals surface area (Å²) >= 11 is 0. The van der Waals surface area contributed by atoms with E-state index in [0.717, 1.165) is 30.8 Å². The van der Waals surface area contributed by atoms with Crippen LogP contribution in [-0.2, 0) is 9.53 Å². The van der Waals surface area contributed by atoms with Crippen molar-refractivity contribution in [3.05, 3.63) is 11.6 Å². The lowest BCUT2D eigenvalue weighted by molar-refractivity contribution is -0.150. The quantitative estimate of drug-likeness (QED) is 0.668. The number of allylic oxidation sites excluding steroid dienone is 1. The van der Waals surface area contributed by atoms with Crippen LogP contribution in [0.15, 0.2) is 11.6 Å². The third-order valence-electron chi connectivity index (χ3n) is 3.06. The van der Waals surface area contributed by atoms with E-state index in [1.807, 2.05) is 20.8 Å². The molecule has 0 aliphatic heterocycles. The molecule has 0 N–H and O–H groups in total. The van der Waals surface area contributed by atoms with Crippen LogP contribution in [0.25, 0.3) is 0 Å². The van der Waals surface area contributed by atoms with Crippen molar-refractivity contribution in [1.82, 2.24) is 0 Å². The van der Waals surface area contributed by atoms with Crippen LogP contribution in [0.1, 0.15) is 53.9 Å². The molecular weight excluding hydrogens is 200 g/mol. The van der Waals surface area contributed by atoms with Gasteiger partial charge in [0.05, 0.1) is 0 Å². The molecule has 0 saturated carbocycles. The molecule has 1 rings (SSSR count). The summed E-state index contributed by atoms with van der Waals surface area (Å²) in [7, 11) is 0. The number of esters is 1. The Hall–Kier alpha value is -0.790. The second kappa shape index (κ2) is 5.03. The smallest absolute Gasteiger partial charge is 0.334 e. The minimum absolute atomic E-state index is 0.130. The number of ether oxygens (including phenoxy) is 1. The molecule has 0 aromatic heterocycles. The van der Waals surface area contributed by atoms with Crippen LogP contribution in [0.5, 0.6) is 0 Å². The Morgan fingerprint density at radius 2 is 2.06 bits per heavy atom. The molecule has 0 aromatic rings. The number of rotatable bonds is 2. The van der Waals surface area contributed by atoms with E-state index in [2.05, 4.69) is 19.9 Å². The third-order valence-corrected chi connectivity index (χ3v) is 3.06. The fourth-order valence-electron chi connectivity index (χ4n) is 1.99. The average molecular weight is 224 g/mol. The second-order valence-electron chi connectivity index (χ2n) is 6.01. The van der Waals surface area contributed by atoms with Crippen molar-refractivity contribution in [2.45, 2.75) is 59.5 Å². The van der Waals surface area contributed by atoms with Gasteiger partial charge in [0.1, 0.15) is 5.60 Å². The van der Waals surface area contributed by atoms with Gasteiger partial charge in [-0.1, -0.05) is 19.9 Å². The van der Waals surface area contributed by atoms with Crippen LogP contribution in [0.3, 0.4) is 0 Å². The van der Waals surface area contributed by atoms with Gasteiger partial charge in [-0.3, -0.25) is 0 Å². The fraction of sp³-hybridized carbons (Fsp3) is 0.786. The molecule has 0 amide bonds. The summed E-state index contributed by atoms with van der Waals surface area (Å²) in [4.78, 5) is 11.8. The molecule has 0 aromatic carbocycles. The maximum atomic E-state index is 11.8. The lowest BCUT2D eigenvalue weighted by Crippen LogP contribution is -2.26. The fourth-order valence-corrected chi connectivity index (χ4v) is 1.99. The van der Waals surface area contributed by atoms with Gasteiger partial charge >= 0.3 is 5.97 Å². The number of hydrogen-bond donors (Lipinski definition) is 0. The lowest BCUT2D eigenvalue weighted by Gasteiger charge is -2.26. The first kappa shape index (κ1) is 13.3. The maximum absolute atomic E-state index is 11.8. The Balaban J connectivity index is 2.54. The van der Waals surface area contributed by atoms with Gasteiger partial charge in [-0.15, -0.1) is 0 Å². The molecular formula is C14H24O2. The summed E-state index contributed by atoms with van der Waals surface area (Å²) in [6.45, 7) is 10.2. The van der Waals surface area contributed by atoms with E-state index in [-0.39, 0.29) is 11.6 Å². The molecule has 0 radical (unpaired) electrons. The molecule has 1 aliphatic rings. The topological polar surface area (TPSA) is 26.3 Å². The highest BCUT2D eigenvalue weighted by Crippen LogP contribution is 2.30. The highest BCUT2D eigenvalue weighted by atomic mass is 16.6. The van der Waals surface area contributed by atoms with Crippen molar-refractivity contribution in [2.24, 2.45) is 11.8 Å². The third kappa shape index (κ3) is 3.99. The Morgan fingerprint density at radius 3 is 2.44 bits per heavy atom. The summed E-state index contributed by atoms with van der Waals surface area (Å²) in [6, 6.07) is 0. The van der Waals surface area contributed by atoms with Crippen molar-refractivity contribution in [1.29, 1.82) is 0 Å². The first-order chi connectivity index (χ1) is 7.29. The van der Waals surface area contributed by atoms with Crippen molar-refractivity contribution < 1.29 is 9.53 Å². The van der Waals surface area contributed by atoms with Gasteiger partial charge in [0.25, 0.3) is 0 Å². The van der Waals surface area contributed by atoms with Crippen LogP contribution in [0.4, 0.5) is 0 Å². The van der Waals surface area contributed by atoms with E-state index in [1.165, 1.54) is 0 Å². The monoisotopic (exact) mass is 224 g/mol. The van der Waals surface area contributed by atoms with E-state index < -0.39 is 0 Å². The first-order valence-corrected chi connectivity index (χ1v) is 6.22. The van der Waals surface area contributed by atoms with Gasteiger partial charge in [0.2, 0.25) is 0 Å². The Labute approximate surface area is 99.1 Å². The molecule has 16 heavy (non-hydrogen) atoms. The summed E-state index contributed by atoms with van der Waals surface area (Å²) in [6.07, 6.45) is 5.08. The average Bonchev–Trinajstić information content (AvgIpc) is 2.15. The molecule has 2 heteroatoms. The van der Waals surface area contributed by atoms with Crippen LogP contribution < -0.4 is 0 Å². The molecule has 0 bridgehead atoms. The van der Waals surface area contributed by atoms with Crippen LogP contribution in [0.2, 0.25) is 0 Å². The predicted molar refractivity (Wildman–Crippen MR) is 66.1 cm³/mol.